The van der Waals surface area contributed by atoms with Crippen LogP contribution in [0.4, 0.5) is 10.1 Å². The first-order valence-electron chi connectivity index (χ1n) is 9.37. The Hall–Kier alpha value is -3.14. The second-order valence-electron chi connectivity index (χ2n) is 7.08. The highest BCUT2D eigenvalue weighted by molar-refractivity contribution is 6.09. The molecule has 3 nitrogen and oxygen atoms in total. The van der Waals surface area contributed by atoms with E-state index in [0.29, 0.717) is 0 Å². The molecule has 0 aliphatic carbocycles. The van der Waals surface area contributed by atoms with Crippen molar-refractivity contribution in [2.24, 2.45) is 4.99 Å². The molecule has 1 heterocycles. The predicted molar refractivity (Wildman–Crippen MR) is 116 cm³/mol. The zero-order chi connectivity index (χ0) is 20.1. The molecule has 0 fully saturated rings. The van der Waals surface area contributed by atoms with Gasteiger partial charge in [0.15, 0.2) is 0 Å². The van der Waals surface area contributed by atoms with Crippen molar-refractivity contribution in [1.29, 1.82) is 0 Å². The largest absolute Gasteiger partial charge is 0.385 e. The van der Waals surface area contributed by atoms with Gasteiger partial charge in [-0.15, -0.1) is 0 Å². The maximum absolute atomic E-state index is 13.0. The fourth-order valence-corrected chi connectivity index (χ4v) is 3.22. The molecule has 2 aromatic rings. The highest BCUT2D eigenvalue weighted by Gasteiger charge is 2.14. The van der Waals surface area contributed by atoms with E-state index in [0.717, 1.165) is 46.9 Å². The van der Waals surface area contributed by atoms with Crippen molar-refractivity contribution < 1.29 is 4.39 Å². The van der Waals surface area contributed by atoms with Gasteiger partial charge in [-0.1, -0.05) is 38.3 Å². The van der Waals surface area contributed by atoms with Gasteiger partial charge >= 0.3 is 0 Å². The third-order valence-corrected chi connectivity index (χ3v) is 4.87. The van der Waals surface area contributed by atoms with E-state index < -0.39 is 0 Å². The van der Waals surface area contributed by atoms with Crippen LogP contribution in [0.1, 0.15) is 29.5 Å². The second-order valence-corrected chi connectivity index (χ2v) is 7.08. The third-order valence-electron chi connectivity index (χ3n) is 4.87. The average Bonchev–Trinajstić information content (AvgIpc) is 3.06. The van der Waals surface area contributed by atoms with E-state index >= 15 is 0 Å². The van der Waals surface area contributed by atoms with Crippen LogP contribution in [-0.2, 0) is 6.42 Å². The van der Waals surface area contributed by atoms with Crippen LogP contribution in [0, 0.1) is 5.82 Å². The van der Waals surface area contributed by atoms with Crippen LogP contribution in [0.2, 0.25) is 0 Å². The second kappa shape index (κ2) is 8.70. The van der Waals surface area contributed by atoms with Crippen LogP contribution in [0.3, 0.4) is 0 Å². The fraction of sp³-hybridized carbons (Fsp3) is 0.208. The minimum Gasteiger partial charge on any atom is -0.385 e. The topological polar surface area (TPSA) is 36.4 Å². The van der Waals surface area contributed by atoms with Gasteiger partial charge in [-0.2, -0.15) is 0 Å². The Morgan fingerprint density at radius 1 is 1.25 bits per heavy atom. The predicted octanol–water partition coefficient (Wildman–Crippen LogP) is 5.19. The Balaban J connectivity index is 1.59. The smallest absolute Gasteiger partial charge is 0.123 e. The first kappa shape index (κ1) is 19.6. The van der Waals surface area contributed by atoms with Crippen molar-refractivity contribution in [3.8, 4) is 0 Å². The molecule has 0 bridgehead atoms. The molecule has 0 spiro atoms. The Bertz CT molecular complexity index is 939. The summed E-state index contributed by atoms with van der Waals surface area (Å²) in [6.07, 6.45) is 4.75. The van der Waals surface area contributed by atoms with E-state index in [1.54, 1.807) is 7.05 Å². The molecule has 0 aromatic heterocycles. The van der Waals surface area contributed by atoms with Gasteiger partial charge in [-0.25, -0.2) is 4.39 Å². The lowest BCUT2D eigenvalue weighted by Gasteiger charge is -2.14. The Kier molecular flexibility index (Phi) is 6.09. The zero-order valence-corrected chi connectivity index (χ0v) is 16.4. The monoisotopic (exact) mass is 375 g/mol. The molecule has 1 unspecified atom stereocenters. The minimum atomic E-state index is -0.214. The molecule has 144 valence electrons. The number of fused-ring (bicyclic) bond motifs is 1. The summed E-state index contributed by atoms with van der Waals surface area (Å²) in [7, 11) is 1.79. The SMILES string of the molecule is C=C(/C=C\C(=NC)c1ccc2c(c1)CC(=C)N2)NCC(C)c1ccc(F)cc1. The molecule has 0 radical (unpaired) electrons. The summed E-state index contributed by atoms with van der Waals surface area (Å²) in [6.45, 7) is 10.9. The minimum absolute atomic E-state index is 0.214. The van der Waals surface area contributed by atoms with Gasteiger partial charge in [0.2, 0.25) is 0 Å². The lowest BCUT2D eigenvalue weighted by atomic mass is 10.0. The van der Waals surface area contributed by atoms with Gasteiger partial charge in [0.1, 0.15) is 5.82 Å². The summed E-state index contributed by atoms with van der Waals surface area (Å²) in [5.41, 5.74) is 7.25. The highest BCUT2D eigenvalue weighted by Crippen LogP contribution is 2.28. The number of nitrogens with zero attached hydrogens (tertiary/aromatic N) is 1. The summed E-state index contributed by atoms with van der Waals surface area (Å²) in [5, 5.41) is 6.60. The molecule has 2 N–H and O–H groups in total. The molecular weight excluding hydrogens is 349 g/mol. The average molecular weight is 375 g/mol. The number of hydrogen-bond acceptors (Lipinski definition) is 3. The van der Waals surface area contributed by atoms with E-state index in [1.807, 2.05) is 24.3 Å². The maximum atomic E-state index is 13.0. The highest BCUT2D eigenvalue weighted by atomic mass is 19.1. The molecule has 0 saturated carbocycles. The Labute approximate surface area is 166 Å². The standard InChI is InChI=1S/C24H26FN3/c1-16(19-6-9-22(25)10-7-19)15-27-17(2)5-11-23(26-4)20-8-12-24-21(14-20)13-18(3)28-24/h5-12,14,16,27-28H,2-3,13,15H2,1,4H3/b11-5-,26-23?. The summed E-state index contributed by atoms with van der Waals surface area (Å²) in [6, 6.07) is 12.9. The number of anilines is 1. The molecule has 1 atom stereocenters. The molecule has 0 saturated heterocycles. The van der Waals surface area contributed by atoms with Gasteiger partial charge < -0.3 is 10.6 Å². The normalized spacial score (nSPS) is 14.7. The Morgan fingerprint density at radius 3 is 2.71 bits per heavy atom. The molecule has 0 amide bonds. The van der Waals surface area contributed by atoms with Gasteiger partial charge in [-0.05, 0) is 53.5 Å². The van der Waals surface area contributed by atoms with Crippen molar-refractivity contribution in [1.82, 2.24) is 5.32 Å². The molecule has 4 heteroatoms. The number of benzene rings is 2. The maximum Gasteiger partial charge on any atom is 0.123 e. The molecule has 1 aliphatic rings. The van der Waals surface area contributed by atoms with Crippen molar-refractivity contribution >= 4 is 11.4 Å². The number of rotatable bonds is 7. The van der Waals surface area contributed by atoms with Crippen LogP contribution in [0.5, 0.6) is 0 Å². The summed E-state index contributed by atoms with van der Waals surface area (Å²) in [5.74, 6) is 0.0386. The summed E-state index contributed by atoms with van der Waals surface area (Å²) < 4.78 is 13.0. The zero-order valence-electron chi connectivity index (χ0n) is 16.4. The van der Waals surface area contributed by atoms with Gasteiger partial charge in [0.05, 0.1) is 5.71 Å². The Morgan fingerprint density at radius 2 is 2.00 bits per heavy atom. The number of hydrogen-bond donors (Lipinski definition) is 2. The van der Waals surface area contributed by atoms with E-state index in [-0.39, 0.29) is 11.7 Å². The third kappa shape index (κ3) is 4.77. The number of halogens is 1. The van der Waals surface area contributed by atoms with Gasteiger partial charge in [0, 0.05) is 42.7 Å². The molecule has 28 heavy (non-hydrogen) atoms. The lowest BCUT2D eigenvalue weighted by Crippen LogP contribution is -2.18. The van der Waals surface area contributed by atoms with E-state index in [1.165, 1.54) is 17.7 Å². The number of aliphatic imine (C=N–C) groups is 1. The van der Waals surface area contributed by atoms with Gasteiger partial charge in [-0.3, -0.25) is 4.99 Å². The van der Waals surface area contributed by atoms with Crippen LogP contribution >= 0.6 is 0 Å². The number of nitrogens with one attached hydrogen (secondary N) is 2. The van der Waals surface area contributed by atoms with Crippen molar-refractivity contribution in [3.63, 3.8) is 0 Å². The molecular formula is C24H26FN3. The van der Waals surface area contributed by atoms with Gasteiger partial charge in [0.25, 0.3) is 0 Å². The fourth-order valence-electron chi connectivity index (χ4n) is 3.22. The van der Waals surface area contributed by atoms with Crippen molar-refractivity contribution in [3.05, 3.63) is 102 Å². The first-order valence-corrected chi connectivity index (χ1v) is 9.37. The van der Waals surface area contributed by atoms with Crippen molar-refractivity contribution in [2.75, 3.05) is 18.9 Å². The number of allylic oxidation sites excluding steroid dienone is 3. The molecule has 1 aliphatic heterocycles. The quantitative estimate of drug-likeness (QED) is 0.516. The molecule has 3 rings (SSSR count). The lowest BCUT2D eigenvalue weighted by molar-refractivity contribution is 0.624. The van der Waals surface area contributed by atoms with Crippen molar-refractivity contribution in [2.45, 2.75) is 19.3 Å². The molecule has 2 aromatic carbocycles. The van der Waals surface area contributed by atoms with E-state index in [2.05, 4.69) is 53.9 Å². The van der Waals surface area contributed by atoms with E-state index in [9.17, 15) is 4.39 Å². The van der Waals surface area contributed by atoms with Crippen LogP contribution in [0.15, 0.2) is 84.2 Å². The van der Waals surface area contributed by atoms with E-state index in [4.69, 9.17) is 0 Å². The first-order chi connectivity index (χ1) is 13.5. The van der Waals surface area contributed by atoms with Crippen LogP contribution in [0.25, 0.3) is 0 Å². The van der Waals surface area contributed by atoms with Crippen LogP contribution < -0.4 is 10.6 Å². The summed E-state index contributed by atoms with van der Waals surface area (Å²) in [4.78, 5) is 4.41. The summed E-state index contributed by atoms with van der Waals surface area (Å²) >= 11 is 0. The van der Waals surface area contributed by atoms with Crippen LogP contribution in [-0.4, -0.2) is 19.3 Å².